The summed E-state index contributed by atoms with van der Waals surface area (Å²) in [6, 6.07) is 1.23. The van der Waals surface area contributed by atoms with E-state index >= 15 is 0 Å². The second kappa shape index (κ2) is 5.86. The summed E-state index contributed by atoms with van der Waals surface area (Å²) in [5.74, 6) is -1.27. The molecule has 1 aromatic rings. The molecule has 6 heteroatoms. The molecule has 3 N–H and O–H groups in total. The maximum absolute atomic E-state index is 11.9. The van der Waals surface area contributed by atoms with Crippen LogP contribution in [0.4, 0.5) is 0 Å². The van der Waals surface area contributed by atoms with Crippen LogP contribution in [-0.2, 0) is 4.79 Å². The summed E-state index contributed by atoms with van der Waals surface area (Å²) in [6.07, 6.45) is 0.501. The Labute approximate surface area is 112 Å². The highest BCUT2D eigenvalue weighted by molar-refractivity contribution is 5.92. The molecule has 0 aliphatic rings. The molecule has 0 radical (unpaired) electrons. The zero-order valence-corrected chi connectivity index (χ0v) is 11.8. The van der Waals surface area contributed by atoms with E-state index in [-0.39, 0.29) is 23.4 Å². The molecule has 1 unspecified atom stereocenters. The quantitative estimate of drug-likeness (QED) is 0.757. The number of carboxylic acids is 1. The van der Waals surface area contributed by atoms with E-state index in [1.165, 1.54) is 0 Å². The van der Waals surface area contributed by atoms with Crippen LogP contribution < -0.4 is 5.32 Å². The Morgan fingerprint density at radius 1 is 1.47 bits per heavy atom. The van der Waals surface area contributed by atoms with Crippen molar-refractivity contribution in [1.82, 2.24) is 15.5 Å². The van der Waals surface area contributed by atoms with Crippen molar-refractivity contribution in [3.05, 3.63) is 17.5 Å². The molecule has 19 heavy (non-hydrogen) atoms. The summed E-state index contributed by atoms with van der Waals surface area (Å²) >= 11 is 0. The lowest BCUT2D eigenvalue weighted by molar-refractivity contribution is -0.137. The van der Waals surface area contributed by atoms with E-state index in [0.29, 0.717) is 6.42 Å². The molecule has 1 amide bonds. The minimum Gasteiger partial charge on any atom is -0.481 e. The van der Waals surface area contributed by atoms with Gasteiger partial charge in [0, 0.05) is 11.7 Å². The van der Waals surface area contributed by atoms with Crippen LogP contribution in [0.2, 0.25) is 0 Å². The van der Waals surface area contributed by atoms with Gasteiger partial charge in [0.15, 0.2) is 0 Å². The van der Waals surface area contributed by atoms with Gasteiger partial charge in [0.2, 0.25) is 0 Å². The second-order valence-electron chi connectivity index (χ2n) is 5.97. The predicted molar refractivity (Wildman–Crippen MR) is 70.9 cm³/mol. The third kappa shape index (κ3) is 5.54. The van der Waals surface area contributed by atoms with Crippen molar-refractivity contribution in [3.8, 4) is 0 Å². The third-order valence-electron chi connectivity index (χ3n) is 2.55. The fourth-order valence-electron chi connectivity index (χ4n) is 1.92. The molecule has 0 aliphatic carbocycles. The van der Waals surface area contributed by atoms with Gasteiger partial charge in [-0.15, -0.1) is 0 Å². The molecule has 6 nitrogen and oxygen atoms in total. The molecular formula is C13H21N3O3. The second-order valence-corrected chi connectivity index (χ2v) is 5.97. The average molecular weight is 267 g/mol. The van der Waals surface area contributed by atoms with Crippen molar-refractivity contribution in [2.45, 2.75) is 46.6 Å². The van der Waals surface area contributed by atoms with E-state index in [2.05, 4.69) is 15.5 Å². The number of carboxylic acid groups (broad SMARTS) is 1. The minimum atomic E-state index is -0.923. The van der Waals surface area contributed by atoms with Crippen LogP contribution in [0.1, 0.15) is 49.8 Å². The molecule has 0 fully saturated rings. The van der Waals surface area contributed by atoms with Crippen molar-refractivity contribution in [3.63, 3.8) is 0 Å². The molecule has 1 aromatic heterocycles. The van der Waals surface area contributed by atoms with Crippen LogP contribution in [0.3, 0.4) is 0 Å². The SMILES string of the molecule is Cc1cc(C(=O)NC(CC(=O)O)CC(C)(C)C)n[nH]1. The topological polar surface area (TPSA) is 95.1 Å². The monoisotopic (exact) mass is 267 g/mol. The van der Waals surface area contributed by atoms with Gasteiger partial charge in [0.05, 0.1) is 6.42 Å². The van der Waals surface area contributed by atoms with E-state index in [4.69, 9.17) is 5.11 Å². The minimum absolute atomic E-state index is 0.0606. The van der Waals surface area contributed by atoms with Gasteiger partial charge >= 0.3 is 5.97 Å². The number of H-pyrrole nitrogens is 1. The van der Waals surface area contributed by atoms with Crippen LogP contribution in [0.5, 0.6) is 0 Å². The van der Waals surface area contributed by atoms with Gasteiger partial charge < -0.3 is 10.4 Å². The molecule has 1 atom stereocenters. The number of carbonyl (C=O) groups excluding carboxylic acids is 1. The van der Waals surface area contributed by atoms with E-state index in [1.807, 2.05) is 20.8 Å². The van der Waals surface area contributed by atoms with E-state index < -0.39 is 12.0 Å². The standard InChI is InChI=1S/C13H21N3O3/c1-8-5-10(16-15-8)12(19)14-9(6-11(17)18)7-13(2,3)4/h5,9H,6-7H2,1-4H3,(H,14,19)(H,15,16)(H,17,18). The lowest BCUT2D eigenvalue weighted by atomic mass is 9.87. The molecule has 0 saturated heterocycles. The molecular weight excluding hydrogens is 246 g/mol. The number of rotatable bonds is 5. The Bertz CT molecular complexity index is 460. The smallest absolute Gasteiger partial charge is 0.305 e. The molecule has 0 aliphatic heterocycles. The Morgan fingerprint density at radius 3 is 2.53 bits per heavy atom. The highest BCUT2D eigenvalue weighted by Gasteiger charge is 2.23. The van der Waals surface area contributed by atoms with Crippen LogP contribution >= 0.6 is 0 Å². The molecule has 0 bridgehead atoms. The van der Waals surface area contributed by atoms with Crippen molar-refractivity contribution in [2.75, 3.05) is 0 Å². The molecule has 106 valence electrons. The number of nitrogens with zero attached hydrogens (tertiary/aromatic N) is 1. The zero-order valence-electron chi connectivity index (χ0n) is 11.8. The first-order valence-electron chi connectivity index (χ1n) is 6.22. The fraction of sp³-hybridized carbons (Fsp3) is 0.615. The Hall–Kier alpha value is -1.85. The van der Waals surface area contributed by atoms with Crippen LogP contribution in [0, 0.1) is 12.3 Å². The Kier molecular flexibility index (Phi) is 4.69. The van der Waals surface area contributed by atoms with Crippen molar-refractivity contribution < 1.29 is 14.7 Å². The Morgan fingerprint density at radius 2 is 2.11 bits per heavy atom. The first-order chi connectivity index (χ1) is 8.67. The summed E-state index contributed by atoms with van der Waals surface area (Å²) in [4.78, 5) is 22.8. The van der Waals surface area contributed by atoms with Gasteiger partial charge in [0.1, 0.15) is 5.69 Å². The summed E-state index contributed by atoms with van der Waals surface area (Å²) in [6.45, 7) is 7.82. The van der Waals surface area contributed by atoms with Gasteiger partial charge in [-0.25, -0.2) is 0 Å². The van der Waals surface area contributed by atoms with Gasteiger partial charge in [-0.05, 0) is 24.8 Å². The maximum Gasteiger partial charge on any atom is 0.305 e. The number of nitrogens with one attached hydrogen (secondary N) is 2. The van der Waals surface area contributed by atoms with Gasteiger partial charge in [-0.1, -0.05) is 20.8 Å². The number of aromatic amines is 1. The van der Waals surface area contributed by atoms with E-state index in [9.17, 15) is 9.59 Å². The molecule has 0 spiro atoms. The van der Waals surface area contributed by atoms with Crippen molar-refractivity contribution in [2.24, 2.45) is 5.41 Å². The largest absolute Gasteiger partial charge is 0.481 e. The first-order valence-corrected chi connectivity index (χ1v) is 6.22. The Balaban J connectivity index is 2.71. The normalized spacial score (nSPS) is 13.1. The number of hydrogen-bond donors (Lipinski definition) is 3. The van der Waals surface area contributed by atoms with Gasteiger partial charge in [-0.2, -0.15) is 5.10 Å². The lowest BCUT2D eigenvalue weighted by Gasteiger charge is -2.25. The zero-order chi connectivity index (χ0) is 14.6. The molecule has 0 aromatic carbocycles. The summed E-state index contributed by atoms with van der Waals surface area (Å²) in [7, 11) is 0. The van der Waals surface area contributed by atoms with Crippen molar-refractivity contribution >= 4 is 11.9 Å². The predicted octanol–water partition coefficient (Wildman–Crippen LogP) is 1.73. The highest BCUT2D eigenvalue weighted by atomic mass is 16.4. The van der Waals surface area contributed by atoms with Crippen LogP contribution in [0.25, 0.3) is 0 Å². The first kappa shape index (κ1) is 15.2. The maximum atomic E-state index is 11.9. The highest BCUT2D eigenvalue weighted by Crippen LogP contribution is 2.22. The van der Waals surface area contributed by atoms with Crippen molar-refractivity contribution in [1.29, 1.82) is 0 Å². The number of aliphatic carboxylic acids is 1. The number of amides is 1. The number of carbonyl (C=O) groups is 2. The van der Waals surface area contributed by atoms with E-state index in [1.54, 1.807) is 13.0 Å². The number of aryl methyl sites for hydroxylation is 1. The number of aromatic nitrogens is 2. The molecule has 1 rings (SSSR count). The number of hydrogen-bond acceptors (Lipinski definition) is 3. The average Bonchev–Trinajstić information content (AvgIpc) is 2.60. The van der Waals surface area contributed by atoms with E-state index in [0.717, 1.165) is 5.69 Å². The summed E-state index contributed by atoms with van der Waals surface area (Å²) in [5.41, 5.74) is 1.01. The van der Waals surface area contributed by atoms with Crippen LogP contribution in [0.15, 0.2) is 6.07 Å². The molecule has 0 saturated carbocycles. The third-order valence-corrected chi connectivity index (χ3v) is 2.55. The summed E-state index contributed by atoms with van der Waals surface area (Å²) in [5, 5.41) is 18.2. The lowest BCUT2D eigenvalue weighted by Crippen LogP contribution is -2.39. The fourth-order valence-corrected chi connectivity index (χ4v) is 1.92. The van der Waals surface area contributed by atoms with Crippen LogP contribution in [-0.4, -0.2) is 33.2 Å². The van der Waals surface area contributed by atoms with Gasteiger partial charge in [-0.3, -0.25) is 14.7 Å². The summed E-state index contributed by atoms with van der Waals surface area (Å²) < 4.78 is 0. The van der Waals surface area contributed by atoms with Gasteiger partial charge in [0.25, 0.3) is 5.91 Å². The molecule has 1 heterocycles.